The zero-order chi connectivity index (χ0) is 12.5. The number of rotatable bonds is 8. The maximum Gasteiger partial charge on any atom is 0.119 e. The van der Waals surface area contributed by atoms with Crippen LogP contribution in [-0.4, -0.2) is 38.1 Å². The first-order valence-electron chi connectivity index (χ1n) is 5.44. The lowest BCUT2D eigenvalue weighted by atomic mass is 10.1. The predicted molar refractivity (Wildman–Crippen MR) is 64.2 cm³/mol. The van der Waals surface area contributed by atoms with Crippen LogP contribution in [0.3, 0.4) is 0 Å². The summed E-state index contributed by atoms with van der Waals surface area (Å²) in [5, 5.41) is 11.8. The van der Waals surface area contributed by atoms with Crippen molar-refractivity contribution in [3.8, 4) is 5.75 Å². The Kier molecular flexibility index (Phi) is 6.21. The molecule has 0 aliphatic heterocycles. The second kappa shape index (κ2) is 7.76. The molecule has 1 N–H and O–H groups in total. The van der Waals surface area contributed by atoms with E-state index in [0.717, 1.165) is 12.0 Å². The van der Waals surface area contributed by atoms with Gasteiger partial charge < -0.3 is 14.6 Å². The van der Waals surface area contributed by atoms with Crippen LogP contribution in [0.5, 0.6) is 5.75 Å². The van der Waals surface area contributed by atoms with Crippen LogP contribution in [0.25, 0.3) is 0 Å². The molecule has 0 spiro atoms. The molecule has 5 nitrogen and oxygen atoms in total. The number of aliphatic hydroxyl groups excluding tert-OH is 1. The molecule has 0 saturated carbocycles. The Labute approximate surface area is 100 Å². The van der Waals surface area contributed by atoms with Crippen molar-refractivity contribution in [2.45, 2.75) is 12.5 Å². The third kappa shape index (κ3) is 5.42. The fourth-order valence-corrected chi connectivity index (χ4v) is 1.30. The van der Waals surface area contributed by atoms with Crippen LogP contribution in [-0.2, 0) is 11.2 Å². The van der Waals surface area contributed by atoms with Gasteiger partial charge in [-0.15, -0.1) is 0 Å². The van der Waals surface area contributed by atoms with E-state index in [0.29, 0.717) is 12.4 Å². The van der Waals surface area contributed by atoms with Crippen molar-refractivity contribution in [2.24, 2.45) is 5.18 Å². The van der Waals surface area contributed by atoms with Crippen LogP contribution in [0.2, 0.25) is 0 Å². The minimum absolute atomic E-state index is 0.0726. The highest BCUT2D eigenvalue weighted by molar-refractivity contribution is 5.27. The summed E-state index contributed by atoms with van der Waals surface area (Å²) in [7, 11) is 1.67. The minimum atomic E-state index is -0.847. The molecular formula is C12H17NO4. The van der Waals surface area contributed by atoms with Gasteiger partial charge in [0.15, 0.2) is 0 Å². The molecular weight excluding hydrogens is 222 g/mol. The summed E-state index contributed by atoms with van der Waals surface area (Å²) in [5.41, 5.74) is 1.16. The first-order valence-corrected chi connectivity index (χ1v) is 5.44. The third-order valence-corrected chi connectivity index (χ3v) is 2.25. The van der Waals surface area contributed by atoms with Gasteiger partial charge in [0, 0.05) is 7.11 Å². The van der Waals surface area contributed by atoms with Gasteiger partial charge in [0.1, 0.15) is 25.0 Å². The number of methoxy groups -OCH3 is 1. The van der Waals surface area contributed by atoms with E-state index < -0.39 is 6.10 Å². The number of nitroso groups, excluding NO2 is 1. The van der Waals surface area contributed by atoms with Crippen molar-refractivity contribution >= 4 is 0 Å². The first-order chi connectivity index (χ1) is 8.26. The van der Waals surface area contributed by atoms with Gasteiger partial charge in [-0.2, -0.15) is 4.91 Å². The fraction of sp³-hybridized carbons (Fsp3) is 0.500. The molecule has 1 aromatic carbocycles. The zero-order valence-electron chi connectivity index (χ0n) is 9.83. The number of hydrogen-bond acceptors (Lipinski definition) is 5. The second-order valence-corrected chi connectivity index (χ2v) is 3.66. The summed E-state index contributed by atoms with van der Waals surface area (Å²) in [5.74, 6) is 0.663. The number of benzene rings is 1. The molecule has 0 amide bonds. The standard InChI is InChI=1S/C12H17NO4/c1-16-7-6-10-2-4-12(5-3-10)17-9-11(14)8-13-15/h2-5,11,14H,6-9H2,1H3. The molecule has 0 bridgehead atoms. The lowest BCUT2D eigenvalue weighted by Crippen LogP contribution is -2.20. The van der Waals surface area contributed by atoms with Gasteiger partial charge in [0.2, 0.25) is 0 Å². The second-order valence-electron chi connectivity index (χ2n) is 3.66. The van der Waals surface area contributed by atoms with Gasteiger partial charge in [-0.3, -0.25) is 0 Å². The van der Waals surface area contributed by atoms with Crippen molar-refractivity contribution in [2.75, 3.05) is 26.9 Å². The van der Waals surface area contributed by atoms with Gasteiger partial charge in [-0.05, 0) is 24.1 Å². The summed E-state index contributed by atoms with van der Waals surface area (Å²) in [4.78, 5) is 9.89. The van der Waals surface area contributed by atoms with E-state index in [2.05, 4.69) is 5.18 Å². The Morgan fingerprint density at radius 3 is 2.65 bits per heavy atom. The molecule has 1 unspecified atom stereocenters. The van der Waals surface area contributed by atoms with Gasteiger partial charge >= 0.3 is 0 Å². The van der Waals surface area contributed by atoms with Crippen LogP contribution in [0.4, 0.5) is 0 Å². The Bertz CT molecular complexity index is 326. The molecule has 0 fully saturated rings. The molecule has 0 aromatic heterocycles. The maximum absolute atomic E-state index is 9.89. The summed E-state index contributed by atoms with van der Waals surface area (Å²) in [6, 6.07) is 7.54. The Morgan fingerprint density at radius 2 is 2.06 bits per heavy atom. The van der Waals surface area contributed by atoms with E-state index in [4.69, 9.17) is 9.47 Å². The highest BCUT2D eigenvalue weighted by Crippen LogP contribution is 2.12. The Balaban J connectivity index is 2.37. The molecule has 1 aromatic rings. The van der Waals surface area contributed by atoms with Crippen molar-refractivity contribution in [1.29, 1.82) is 0 Å². The van der Waals surface area contributed by atoms with Crippen molar-refractivity contribution in [3.63, 3.8) is 0 Å². The van der Waals surface area contributed by atoms with E-state index >= 15 is 0 Å². The third-order valence-electron chi connectivity index (χ3n) is 2.25. The van der Waals surface area contributed by atoms with Crippen molar-refractivity contribution in [3.05, 3.63) is 34.7 Å². The smallest absolute Gasteiger partial charge is 0.119 e. The van der Waals surface area contributed by atoms with Crippen LogP contribution in [0.1, 0.15) is 5.56 Å². The van der Waals surface area contributed by atoms with E-state index in [-0.39, 0.29) is 13.2 Å². The largest absolute Gasteiger partial charge is 0.491 e. The summed E-state index contributed by atoms with van der Waals surface area (Å²) < 4.78 is 10.3. The normalized spacial score (nSPS) is 12.1. The summed E-state index contributed by atoms with van der Waals surface area (Å²) in [6.07, 6.45) is 0.00902. The first kappa shape index (κ1) is 13.6. The van der Waals surface area contributed by atoms with Gasteiger partial charge in [-0.1, -0.05) is 17.3 Å². The molecule has 1 rings (SSSR count). The Morgan fingerprint density at radius 1 is 1.35 bits per heavy atom. The molecule has 0 aliphatic rings. The lowest BCUT2D eigenvalue weighted by molar-refractivity contribution is 0.114. The van der Waals surface area contributed by atoms with E-state index in [9.17, 15) is 10.0 Å². The lowest BCUT2D eigenvalue weighted by Gasteiger charge is -2.09. The number of aliphatic hydroxyl groups is 1. The van der Waals surface area contributed by atoms with Crippen molar-refractivity contribution < 1.29 is 14.6 Å². The molecule has 1 atom stereocenters. The van der Waals surface area contributed by atoms with Gasteiger partial charge in [0.25, 0.3) is 0 Å². The monoisotopic (exact) mass is 239 g/mol. The average molecular weight is 239 g/mol. The van der Waals surface area contributed by atoms with Crippen LogP contribution >= 0.6 is 0 Å². The van der Waals surface area contributed by atoms with Crippen LogP contribution in [0.15, 0.2) is 29.4 Å². The van der Waals surface area contributed by atoms with Crippen LogP contribution in [0, 0.1) is 4.91 Å². The fourth-order valence-electron chi connectivity index (χ4n) is 1.30. The minimum Gasteiger partial charge on any atom is -0.491 e. The maximum atomic E-state index is 9.89. The van der Waals surface area contributed by atoms with E-state index in [1.807, 2.05) is 24.3 Å². The molecule has 5 heteroatoms. The van der Waals surface area contributed by atoms with Crippen LogP contribution < -0.4 is 4.74 Å². The van der Waals surface area contributed by atoms with Gasteiger partial charge in [0.05, 0.1) is 6.61 Å². The summed E-state index contributed by atoms with van der Waals surface area (Å²) >= 11 is 0. The zero-order valence-corrected chi connectivity index (χ0v) is 9.83. The molecule has 0 radical (unpaired) electrons. The number of ether oxygens (including phenoxy) is 2. The summed E-state index contributed by atoms with van der Waals surface area (Å²) in [6.45, 7) is 0.610. The molecule has 94 valence electrons. The Hall–Kier alpha value is -1.46. The predicted octanol–water partition coefficient (Wildman–Crippen LogP) is 1.38. The van der Waals surface area contributed by atoms with Gasteiger partial charge in [-0.25, -0.2) is 0 Å². The molecule has 0 aliphatic carbocycles. The molecule has 17 heavy (non-hydrogen) atoms. The SMILES string of the molecule is COCCc1ccc(OCC(O)CN=O)cc1. The topological polar surface area (TPSA) is 68.1 Å². The quantitative estimate of drug-likeness (QED) is 0.696. The average Bonchev–Trinajstić information content (AvgIpc) is 2.35. The van der Waals surface area contributed by atoms with E-state index in [1.165, 1.54) is 0 Å². The number of nitrogens with zero attached hydrogens (tertiary/aromatic N) is 1. The highest BCUT2D eigenvalue weighted by atomic mass is 16.5. The highest BCUT2D eigenvalue weighted by Gasteiger charge is 2.04. The molecule has 0 saturated heterocycles. The number of hydrogen-bond donors (Lipinski definition) is 1. The van der Waals surface area contributed by atoms with Crippen molar-refractivity contribution in [1.82, 2.24) is 0 Å². The molecule has 0 heterocycles. The van der Waals surface area contributed by atoms with E-state index in [1.54, 1.807) is 7.11 Å².